The van der Waals surface area contributed by atoms with Gasteiger partial charge in [0.25, 0.3) is 10.0 Å². The minimum Gasteiger partial charge on any atom is -0.486 e. The number of hydrogen-bond donors (Lipinski definition) is 1. The lowest BCUT2D eigenvalue weighted by Gasteiger charge is -2.34. The quantitative estimate of drug-likeness (QED) is 0.294. The van der Waals surface area contributed by atoms with Crippen molar-refractivity contribution in [3.63, 3.8) is 0 Å². The number of rotatable bonds is 11. The van der Waals surface area contributed by atoms with Gasteiger partial charge in [0.05, 0.1) is 10.6 Å². The Morgan fingerprint density at radius 2 is 1.61 bits per heavy atom. The molecule has 11 heteroatoms. The summed E-state index contributed by atoms with van der Waals surface area (Å²) in [4.78, 5) is 29.5. The van der Waals surface area contributed by atoms with Crippen molar-refractivity contribution in [3.8, 4) is 11.5 Å². The zero-order chi connectivity index (χ0) is 31.1. The van der Waals surface area contributed by atoms with E-state index in [0.717, 1.165) is 42.0 Å². The second kappa shape index (κ2) is 14.3. The molecule has 234 valence electrons. The second-order valence-electron chi connectivity index (χ2n) is 11.1. The number of amides is 2. The van der Waals surface area contributed by atoms with Crippen molar-refractivity contribution >= 4 is 39.1 Å². The average Bonchev–Trinajstić information content (AvgIpc) is 3.05. The van der Waals surface area contributed by atoms with E-state index in [1.807, 2.05) is 6.92 Å². The lowest BCUT2D eigenvalue weighted by atomic mass is 9.95. The first-order valence-electron chi connectivity index (χ1n) is 15.1. The SMILES string of the molecule is CC[C@H](C(=O)NC1CCCCC1)N(Cc1ccc(Cl)cc1)C(=O)CN(c1ccc2c(c1)OCCO2)S(=O)(=O)c1ccccc1. The van der Waals surface area contributed by atoms with Crippen LogP contribution < -0.4 is 19.1 Å². The Morgan fingerprint density at radius 1 is 0.932 bits per heavy atom. The molecule has 1 fully saturated rings. The zero-order valence-corrected chi connectivity index (χ0v) is 26.4. The number of anilines is 1. The number of nitrogens with zero attached hydrogens (tertiary/aromatic N) is 2. The number of nitrogens with one attached hydrogen (secondary N) is 1. The minimum atomic E-state index is -4.19. The fourth-order valence-electron chi connectivity index (χ4n) is 5.69. The van der Waals surface area contributed by atoms with Crippen LogP contribution in [0.3, 0.4) is 0 Å². The van der Waals surface area contributed by atoms with Gasteiger partial charge in [-0.3, -0.25) is 13.9 Å². The lowest BCUT2D eigenvalue weighted by molar-refractivity contribution is -0.140. The number of hydrogen-bond acceptors (Lipinski definition) is 6. The number of carbonyl (C=O) groups is 2. The Kier molecular flexibility index (Phi) is 10.3. The first kappa shape index (κ1) is 31.7. The molecular weight excluding hydrogens is 602 g/mol. The van der Waals surface area contributed by atoms with Crippen LogP contribution in [0, 0.1) is 0 Å². The number of sulfonamides is 1. The van der Waals surface area contributed by atoms with Crippen molar-refractivity contribution in [2.24, 2.45) is 0 Å². The maximum absolute atomic E-state index is 14.3. The van der Waals surface area contributed by atoms with Crippen molar-refractivity contribution in [1.29, 1.82) is 0 Å². The summed E-state index contributed by atoms with van der Waals surface area (Å²) < 4.78 is 40.6. The summed E-state index contributed by atoms with van der Waals surface area (Å²) >= 11 is 6.12. The summed E-state index contributed by atoms with van der Waals surface area (Å²) in [6.45, 7) is 2.14. The molecule has 0 unspecified atom stereocenters. The van der Waals surface area contributed by atoms with Crippen LogP contribution in [0.4, 0.5) is 5.69 Å². The summed E-state index contributed by atoms with van der Waals surface area (Å²) in [7, 11) is -4.19. The van der Waals surface area contributed by atoms with Gasteiger partial charge in [0.2, 0.25) is 11.8 Å². The predicted molar refractivity (Wildman–Crippen MR) is 170 cm³/mol. The molecule has 2 aliphatic rings. The normalized spacial score (nSPS) is 15.7. The number of ether oxygens (including phenoxy) is 2. The van der Waals surface area contributed by atoms with E-state index in [1.54, 1.807) is 60.7 Å². The first-order valence-corrected chi connectivity index (χ1v) is 16.9. The summed E-state index contributed by atoms with van der Waals surface area (Å²) in [5.74, 6) is 0.141. The van der Waals surface area contributed by atoms with Crippen LogP contribution in [-0.2, 0) is 26.2 Å². The zero-order valence-electron chi connectivity index (χ0n) is 24.8. The largest absolute Gasteiger partial charge is 0.486 e. The van der Waals surface area contributed by atoms with E-state index in [0.29, 0.717) is 36.2 Å². The van der Waals surface area contributed by atoms with E-state index in [4.69, 9.17) is 21.1 Å². The van der Waals surface area contributed by atoms with Crippen molar-refractivity contribution in [3.05, 3.63) is 83.4 Å². The summed E-state index contributed by atoms with van der Waals surface area (Å²) in [6, 6.07) is 19.1. The molecule has 5 rings (SSSR count). The van der Waals surface area contributed by atoms with E-state index in [9.17, 15) is 18.0 Å². The highest BCUT2D eigenvalue weighted by Crippen LogP contribution is 2.36. The Balaban J connectivity index is 1.50. The van der Waals surface area contributed by atoms with Crippen molar-refractivity contribution < 1.29 is 27.5 Å². The molecule has 1 saturated carbocycles. The Morgan fingerprint density at radius 3 is 2.30 bits per heavy atom. The molecule has 1 aliphatic heterocycles. The number of benzene rings is 3. The maximum Gasteiger partial charge on any atom is 0.264 e. The van der Waals surface area contributed by atoms with Crippen molar-refractivity contribution in [1.82, 2.24) is 10.2 Å². The van der Waals surface area contributed by atoms with Crippen LogP contribution in [0.5, 0.6) is 11.5 Å². The van der Waals surface area contributed by atoms with Gasteiger partial charge in [-0.1, -0.05) is 68.1 Å². The van der Waals surface area contributed by atoms with Gasteiger partial charge in [-0.15, -0.1) is 0 Å². The highest BCUT2D eigenvalue weighted by Gasteiger charge is 2.35. The van der Waals surface area contributed by atoms with E-state index in [-0.39, 0.29) is 29.1 Å². The molecule has 1 aliphatic carbocycles. The van der Waals surface area contributed by atoms with Gasteiger partial charge >= 0.3 is 0 Å². The molecule has 2 amide bonds. The van der Waals surface area contributed by atoms with Gasteiger partial charge in [0, 0.05) is 23.7 Å². The standard InChI is InChI=1S/C33H38ClN3O6S/c1-2-29(33(39)35-26-9-5-3-6-10-26)36(22-24-13-15-25(34)16-14-24)32(38)23-37(44(40,41)28-11-7-4-8-12-28)27-17-18-30-31(21-27)43-20-19-42-30/h4,7-8,11-18,21,26,29H,2-3,5-6,9-10,19-20,22-23H2,1H3,(H,35,39)/t29-/m1/s1. The highest BCUT2D eigenvalue weighted by atomic mass is 35.5. The lowest BCUT2D eigenvalue weighted by Crippen LogP contribution is -2.54. The van der Waals surface area contributed by atoms with Gasteiger partial charge in [0.1, 0.15) is 25.8 Å². The number of carbonyl (C=O) groups excluding carboxylic acids is 2. The smallest absolute Gasteiger partial charge is 0.264 e. The van der Waals surface area contributed by atoms with Crippen LogP contribution in [-0.4, -0.2) is 57.0 Å². The van der Waals surface area contributed by atoms with Gasteiger partial charge in [-0.25, -0.2) is 8.42 Å². The van der Waals surface area contributed by atoms with Crippen LogP contribution in [0.25, 0.3) is 0 Å². The van der Waals surface area contributed by atoms with Crippen LogP contribution in [0.15, 0.2) is 77.7 Å². The van der Waals surface area contributed by atoms with E-state index < -0.39 is 28.5 Å². The fraction of sp³-hybridized carbons (Fsp3) is 0.394. The average molecular weight is 640 g/mol. The number of fused-ring (bicyclic) bond motifs is 1. The molecule has 0 aromatic heterocycles. The van der Waals surface area contributed by atoms with Gasteiger partial charge < -0.3 is 19.7 Å². The highest BCUT2D eigenvalue weighted by molar-refractivity contribution is 7.92. The first-order chi connectivity index (χ1) is 21.3. The van der Waals surface area contributed by atoms with E-state index in [1.165, 1.54) is 17.0 Å². The third-order valence-corrected chi connectivity index (χ3v) is 10.1. The molecule has 0 bridgehead atoms. The Bertz CT molecular complexity index is 1550. The van der Waals surface area contributed by atoms with Crippen LogP contribution in [0.2, 0.25) is 5.02 Å². The second-order valence-corrected chi connectivity index (χ2v) is 13.4. The third-order valence-electron chi connectivity index (χ3n) is 8.03. The summed E-state index contributed by atoms with van der Waals surface area (Å²) in [5.41, 5.74) is 1.01. The van der Waals surface area contributed by atoms with Gasteiger partial charge in [-0.05, 0) is 61.2 Å². The van der Waals surface area contributed by atoms with Crippen molar-refractivity contribution in [2.75, 3.05) is 24.1 Å². The summed E-state index contributed by atoms with van der Waals surface area (Å²) in [6.07, 6.45) is 5.42. The third kappa shape index (κ3) is 7.47. The van der Waals surface area contributed by atoms with Gasteiger partial charge in [-0.2, -0.15) is 0 Å². The predicted octanol–water partition coefficient (Wildman–Crippen LogP) is 5.56. The molecule has 3 aromatic rings. The molecule has 1 atom stereocenters. The number of halogens is 1. The molecule has 3 aromatic carbocycles. The molecule has 0 saturated heterocycles. The molecule has 44 heavy (non-hydrogen) atoms. The maximum atomic E-state index is 14.3. The molecule has 0 spiro atoms. The molecule has 0 radical (unpaired) electrons. The van der Waals surface area contributed by atoms with E-state index >= 15 is 0 Å². The molecule has 1 N–H and O–H groups in total. The van der Waals surface area contributed by atoms with Crippen LogP contribution in [0.1, 0.15) is 51.0 Å². The fourth-order valence-corrected chi connectivity index (χ4v) is 7.24. The Hall–Kier alpha value is -3.76. The monoisotopic (exact) mass is 639 g/mol. The van der Waals surface area contributed by atoms with E-state index in [2.05, 4.69) is 5.32 Å². The topological polar surface area (TPSA) is 105 Å². The molecule has 9 nitrogen and oxygen atoms in total. The minimum absolute atomic E-state index is 0.0361. The summed E-state index contributed by atoms with van der Waals surface area (Å²) in [5, 5.41) is 3.71. The van der Waals surface area contributed by atoms with Crippen molar-refractivity contribution in [2.45, 2.75) is 69.0 Å². The Labute approximate surface area is 264 Å². The molecular formula is C33H38ClN3O6S. The molecule has 1 heterocycles. The van der Waals surface area contributed by atoms with Crippen LogP contribution >= 0.6 is 11.6 Å². The van der Waals surface area contributed by atoms with Gasteiger partial charge in [0.15, 0.2) is 11.5 Å².